The van der Waals surface area contributed by atoms with Crippen LogP contribution in [0.2, 0.25) is 5.02 Å². The van der Waals surface area contributed by atoms with Crippen LogP contribution in [0.3, 0.4) is 0 Å². The summed E-state index contributed by atoms with van der Waals surface area (Å²) < 4.78 is 36.1. The maximum Gasteiger partial charge on any atom is 0.306 e. The van der Waals surface area contributed by atoms with Gasteiger partial charge in [0.25, 0.3) is 5.89 Å². The minimum atomic E-state index is -3.40. The predicted molar refractivity (Wildman–Crippen MR) is 152 cm³/mol. The van der Waals surface area contributed by atoms with Gasteiger partial charge in [0.15, 0.2) is 21.3 Å². The molecule has 10 nitrogen and oxygen atoms in total. The van der Waals surface area contributed by atoms with Gasteiger partial charge < -0.3 is 14.9 Å². The van der Waals surface area contributed by atoms with Crippen molar-refractivity contribution >= 4 is 33.2 Å². The molecule has 4 aromatic rings. The summed E-state index contributed by atoms with van der Waals surface area (Å²) in [5.74, 6) is 0.00714. The molecule has 0 radical (unpaired) electrons. The highest BCUT2D eigenvalue weighted by Crippen LogP contribution is 2.32. The molecule has 2 aromatic heterocycles. The van der Waals surface area contributed by atoms with E-state index < -0.39 is 20.7 Å². The molecule has 0 spiro atoms. The first kappa shape index (κ1) is 29.2. The zero-order valence-electron chi connectivity index (χ0n) is 22.8. The second-order valence-electron chi connectivity index (χ2n) is 10.4. The van der Waals surface area contributed by atoms with E-state index in [-0.39, 0.29) is 40.6 Å². The average molecular weight is 584 g/mol. The van der Waals surface area contributed by atoms with Crippen molar-refractivity contribution in [3.63, 3.8) is 0 Å². The van der Waals surface area contributed by atoms with Crippen LogP contribution in [0.15, 0.2) is 58.0 Å². The van der Waals surface area contributed by atoms with Gasteiger partial charge in [-0.05, 0) is 70.9 Å². The van der Waals surface area contributed by atoms with Crippen LogP contribution in [0.4, 0.5) is 5.82 Å². The van der Waals surface area contributed by atoms with Crippen molar-refractivity contribution in [1.82, 2.24) is 20.2 Å². The third-order valence-electron chi connectivity index (χ3n) is 5.83. The molecule has 0 fully saturated rings. The average Bonchev–Trinajstić information content (AvgIpc) is 3.36. The highest BCUT2D eigenvalue weighted by Gasteiger charge is 2.21. The Hall–Kier alpha value is -3.83. The summed E-state index contributed by atoms with van der Waals surface area (Å²) in [4.78, 5) is 21.0. The van der Waals surface area contributed by atoms with Crippen molar-refractivity contribution in [2.45, 2.75) is 63.2 Å². The van der Waals surface area contributed by atoms with Gasteiger partial charge in [0.1, 0.15) is 5.60 Å². The summed E-state index contributed by atoms with van der Waals surface area (Å²) in [6, 6.07) is 11.7. The predicted octanol–water partition coefficient (Wildman–Crippen LogP) is 5.55. The molecule has 0 bridgehead atoms. The summed E-state index contributed by atoms with van der Waals surface area (Å²) in [7, 11) is -3.40. The zero-order valence-corrected chi connectivity index (χ0v) is 24.4. The summed E-state index contributed by atoms with van der Waals surface area (Å²) in [6.07, 6.45) is 2.17. The highest BCUT2D eigenvalue weighted by atomic mass is 35.5. The van der Waals surface area contributed by atoms with Gasteiger partial charge in [-0.15, -0.1) is 10.2 Å². The molecular formula is C28H30ClN5O5S. The summed E-state index contributed by atoms with van der Waals surface area (Å²) in [6.45, 7) is 8.74. The van der Waals surface area contributed by atoms with Crippen LogP contribution < -0.4 is 5.73 Å². The Bertz CT molecular complexity index is 1640. The number of rotatable bonds is 8. The Morgan fingerprint density at radius 1 is 1.07 bits per heavy atom. The molecule has 0 amide bonds. The summed E-state index contributed by atoms with van der Waals surface area (Å²) >= 11 is 6.50. The van der Waals surface area contributed by atoms with E-state index in [1.54, 1.807) is 38.1 Å². The molecule has 40 heavy (non-hydrogen) atoms. The van der Waals surface area contributed by atoms with E-state index >= 15 is 0 Å². The maximum atomic E-state index is 12.4. The molecule has 2 N–H and O–H groups in total. The number of esters is 1. The second-order valence-corrected chi connectivity index (χ2v) is 13.3. The number of anilines is 1. The quantitative estimate of drug-likeness (QED) is 0.261. The lowest BCUT2D eigenvalue weighted by atomic mass is 10.1. The van der Waals surface area contributed by atoms with Crippen LogP contribution in [-0.2, 0) is 25.8 Å². The van der Waals surface area contributed by atoms with Gasteiger partial charge in [-0.3, -0.25) is 4.79 Å². The molecule has 2 heterocycles. The van der Waals surface area contributed by atoms with Gasteiger partial charge in [0, 0.05) is 12.0 Å². The molecule has 210 valence electrons. The number of sulfone groups is 1. The van der Waals surface area contributed by atoms with Crippen molar-refractivity contribution in [3.8, 4) is 34.3 Å². The van der Waals surface area contributed by atoms with Crippen molar-refractivity contribution in [3.05, 3.63) is 59.2 Å². The lowest BCUT2D eigenvalue weighted by molar-refractivity contribution is -0.154. The second kappa shape index (κ2) is 11.3. The van der Waals surface area contributed by atoms with Gasteiger partial charge in [-0.25, -0.2) is 18.4 Å². The first-order chi connectivity index (χ1) is 18.7. The minimum Gasteiger partial charge on any atom is -0.460 e. The van der Waals surface area contributed by atoms with E-state index in [2.05, 4.69) is 20.2 Å². The Labute approximate surface area is 237 Å². The van der Waals surface area contributed by atoms with Gasteiger partial charge in [0.2, 0.25) is 5.89 Å². The first-order valence-corrected chi connectivity index (χ1v) is 14.5. The third kappa shape index (κ3) is 6.65. The number of benzene rings is 2. The number of hydrogen-bond acceptors (Lipinski definition) is 10. The number of hydrogen-bond donors (Lipinski definition) is 1. The first-order valence-electron chi connectivity index (χ1n) is 12.6. The van der Waals surface area contributed by atoms with E-state index in [9.17, 15) is 13.2 Å². The van der Waals surface area contributed by atoms with Crippen LogP contribution >= 0.6 is 11.6 Å². The SMILES string of the molecule is CC(C)S(=O)(=O)c1ccc(-c2cnc(N)c(-c3nnc(-c4ccc(CCC(=O)OC(C)(C)C)cc4Cl)o3)n2)cc1. The molecule has 0 atom stereocenters. The normalized spacial score (nSPS) is 12.1. The molecular weight excluding hydrogens is 554 g/mol. The molecule has 0 aliphatic rings. The minimum absolute atomic E-state index is 0.0472. The van der Waals surface area contributed by atoms with Crippen molar-refractivity contribution < 1.29 is 22.4 Å². The van der Waals surface area contributed by atoms with Crippen molar-refractivity contribution in [2.75, 3.05) is 5.73 Å². The van der Waals surface area contributed by atoms with Gasteiger partial charge >= 0.3 is 5.97 Å². The number of carbonyl (C=O) groups is 1. The van der Waals surface area contributed by atoms with Gasteiger partial charge in [0.05, 0.1) is 32.6 Å². The van der Waals surface area contributed by atoms with Crippen molar-refractivity contribution in [2.24, 2.45) is 0 Å². The molecule has 0 saturated heterocycles. The molecule has 0 aliphatic heterocycles. The fourth-order valence-electron chi connectivity index (χ4n) is 3.74. The molecule has 12 heteroatoms. The Morgan fingerprint density at radius 3 is 2.38 bits per heavy atom. The topological polar surface area (TPSA) is 151 Å². The zero-order chi connectivity index (χ0) is 29.2. The monoisotopic (exact) mass is 583 g/mol. The van der Waals surface area contributed by atoms with Crippen LogP contribution in [0, 0.1) is 0 Å². The van der Waals surface area contributed by atoms with Crippen LogP contribution in [0.25, 0.3) is 34.3 Å². The van der Waals surface area contributed by atoms with Gasteiger partial charge in [-0.1, -0.05) is 29.8 Å². The Balaban J connectivity index is 1.54. The van der Waals surface area contributed by atoms with Crippen LogP contribution in [0.1, 0.15) is 46.6 Å². The standard InChI is InChI=1S/C28H30ClN5O5S/c1-16(2)40(36,37)19-10-8-18(9-11-19)22-15-31-25(30)24(32-22)27-34-33-26(38-27)20-12-6-17(14-21(20)29)7-13-23(35)39-28(3,4)5/h6,8-12,14-16H,7,13H2,1-5H3,(H2,30,31). The lowest BCUT2D eigenvalue weighted by Gasteiger charge is -2.19. The molecule has 0 unspecified atom stereocenters. The number of ether oxygens (including phenoxy) is 1. The Kier molecular flexibility index (Phi) is 8.27. The maximum absolute atomic E-state index is 12.4. The number of aromatic nitrogens is 4. The third-order valence-corrected chi connectivity index (χ3v) is 8.31. The highest BCUT2D eigenvalue weighted by molar-refractivity contribution is 7.92. The summed E-state index contributed by atoms with van der Waals surface area (Å²) in [5.41, 5.74) is 8.16. The largest absolute Gasteiger partial charge is 0.460 e. The van der Waals surface area contributed by atoms with Crippen LogP contribution in [0.5, 0.6) is 0 Å². The molecule has 0 saturated carbocycles. The molecule has 0 aliphatic carbocycles. The number of aryl methyl sites for hydroxylation is 1. The number of nitrogens with two attached hydrogens (primary N) is 1. The van der Waals surface area contributed by atoms with E-state index in [1.165, 1.54) is 18.3 Å². The van der Waals surface area contributed by atoms with Gasteiger partial charge in [-0.2, -0.15) is 0 Å². The van der Waals surface area contributed by atoms with Crippen molar-refractivity contribution in [1.29, 1.82) is 0 Å². The lowest BCUT2D eigenvalue weighted by Crippen LogP contribution is -2.24. The molecule has 2 aromatic carbocycles. The number of halogens is 1. The van der Waals surface area contributed by atoms with E-state index in [0.29, 0.717) is 28.3 Å². The van der Waals surface area contributed by atoms with E-state index in [4.69, 9.17) is 26.5 Å². The molecule has 4 rings (SSSR count). The number of nitrogen functional groups attached to an aromatic ring is 1. The number of carbonyl (C=O) groups excluding carboxylic acids is 1. The fourth-order valence-corrected chi connectivity index (χ4v) is 5.08. The summed E-state index contributed by atoms with van der Waals surface area (Å²) in [5, 5.41) is 8.03. The smallest absolute Gasteiger partial charge is 0.306 e. The Morgan fingerprint density at radius 2 is 1.75 bits per heavy atom. The number of nitrogens with zero attached hydrogens (tertiary/aromatic N) is 4. The van der Waals surface area contributed by atoms with E-state index in [1.807, 2.05) is 26.8 Å². The fraction of sp³-hybridized carbons (Fsp3) is 0.321. The van der Waals surface area contributed by atoms with E-state index in [0.717, 1.165) is 5.56 Å². The van der Waals surface area contributed by atoms with Crippen LogP contribution in [-0.4, -0.2) is 45.4 Å².